The van der Waals surface area contributed by atoms with E-state index in [1.807, 2.05) is 30.0 Å². The van der Waals surface area contributed by atoms with Crippen LogP contribution in [0.15, 0.2) is 32.7 Å². The van der Waals surface area contributed by atoms with Crippen LogP contribution in [0.4, 0.5) is 0 Å². The second-order valence-electron chi connectivity index (χ2n) is 6.38. The Labute approximate surface area is 132 Å². The zero-order valence-electron chi connectivity index (χ0n) is 12.5. The van der Waals surface area contributed by atoms with Gasteiger partial charge in [-0.05, 0) is 50.9 Å². The minimum absolute atomic E-state index is 0.315. The summed E-state index contributed by atoms with van der Waals surface area (Å²) >= 11 is 1.87. The average Bonchev–Trinajstić information content (AvgIpc) is 2.71. The summed E-state index contributed by atoms with van der Waals surface area (Å²) in [5.74, 6) is 0. The number of H-pyrrole nitrogens is 2. The number of fused-ring (bicyclic) bond motifs is 3. The summed E-state index contributed by atoms with van der Waals surface area (Å²) in [6.07, 6.45) is 5.07. The van der Waals surface area contributed by atoms with Crippen molar-refractivity contribution < 1.29 is 0 Å². The first-order chi connectivity index (χ1) is 10.6. The molecular weight excluding hydrogens is 298 g/mol. The number of nitrogens with one attached hydrogen (secondary N) is 2. The Kier molecular flexibility index (Phi) is 3.38. The van der Waals surface area contributed by atoms with Crippen molar-refractivity contribution in [3.05, 3.63) is 39.0 Å². The van der Waals surface area contributed by atoms with E-state index in [2.05, 4.69) is 21.9 Å². The van der Waals surface area contributed by atoms with Crippen LogP contribution in [0.2, 0.25) is 0 Å². The van der Waals surface area contributed by atoms with Crippen molar-refractivity contribution in [2.45, 2.75) is 47.9 Å². The highest BCUT2D eigenvalue weighted by Gasteiger charge is 2.38. The fourth-order valence-corrected chi connectivity index (χ4v) is 5.22. The molecule has 2 fully saturated rings. The molecule has 2 N–H and O–H groups in total. The van der Waals surface area contributed by atoms with E-state index in [1.54, 1.807) is 0 Å². The van der Waals surface area contributed by atoms with Crippen LogP contribution < -0.4 is 11.2 Å². The number of thioether (sulfide) groups is 1. The molecule has 0 radical (unpaired) electrons. The summed E-state index contributed by atoms with van der Waals surface area (Å²) in [7, 11) is 2.25. The molecule has 22 heavy (non-hydrogen) atoms. The number of hydrogen-bond acceptors (Lipinski definition) is 4. The quantitative estimate of drug-likeness (QED) is 0.888. The van der Waals surface area contributed by atoms with Crippen molar-refractivity contribution in [1.82, 2.24) is 14.9 Å². The van der Waals surface area contributed by atoms with E-state index < -0.39 is 5.69 Å². The molecule has 4 rings (SSSR count). The second-order valence-corrected chi connectivity index (χ2v) is 7.75. The smallest absolute Gasteiger partial charge is 0.307 e. The fraction of sp³-hybridized carbons (Fsp3) is 0.500. The van der Waals surface area contributed by atoms with Gasteiger partial charge in [-0.15, -0.1) is 11.8 Å². The Bertz CT molecular complexity index is 814. The molecule has 0 saturated carbocycles. The monoisotopic (exact) mass is 317 g/mol. The highest BCUT2D eigenvalue weighted by Crippen LogP contribution is 2.41. The second kappa shape index (κ2) is 5.28. The average molecular weight is 317 g/mol. The predicted molar refractivity (Wildman–Crippen MR) is 88.6 cm³/mol. The zero-order valence-corrected chi connectivity index (χ0v) is 13.3. The lowest BCUT2D eigenvalue weighted by Gasteiger charge is -2.36. The first kappa shape index (κ1) is 14.1. The molecule has 2 saturated heterocycles. The molecule has 2 aliphatic rings. The molecule has 2 atom stereocenters. The van der Waals surface area contributed by atoms with Crippen molar-refractivity contribution in [2.24, 2.45) is 0 Å². The van der Waals surface area contributed by atoms with Crippen molar-refractivity contribution in [1.29, 1.82) is 0 Å². The Balaban J connectivity index is 1.60. The third kappa shape index (κ3) is 2.40. The molecule has 0 amide bonds. The van der Waals surface area contributed by atoms with E-state index in [0.717, 1.165) is 17.0 Å². The number of benzene rings is 1. The van der Waals surface area contributed by atoms with Crippen molar-refractivity contribution in [2.75, 3.05) is 7.05 Å². The van der Waals surface area contributed by atoms with Crippen LogP contribution in [0.25, 0.3) is 10.9 Å². The number of hydrogen-bond donors (Lipinski definition) is 2. The van der Waals surface area contributed by atoms with Gasteiger partial charge >= 0.3 is 5.69 Å². The molecule has 0 aliphatic carbocycles. The SMILES string of the molecule is CN1C2CCC1CC(Sc1ccc3[nH]c(=O)[nH]c(=O)c3c1)C2. The van der Waals surface area contributed by atoms with E-state index in [0.29, 0.717) is 16.2 Å². The standard InChI is InChI=1S/C16H19N3O2S/c1-19-9-2-3-10(19)7-12(6-9)22-11-4-5-14-13(8-11)15(20)18-16(21)17-14/h4-5,8-10,12H,2-3,6-7H2,1H3,(H2,17,18,20,21). The van der Waals surface area contributed by atoms with E-state index in [-0.39, 0.29) is 5.56 Å². The van der Waals surface area contributed by atoms with E-state index in [4.69, 9.17) is 0 Å². The molecule has 1 aromatic carbocycles. The van der Waals surface area contributed by atoms with Crippen LogP contribution in [-0.2, 0) is 0 Å². The largest absolute Gasteiger partial charge is 0.326 e. The predicted octanol–water partition coefficient (Wildman–Crippen LogP) is 1.93. The number of nitrogens with zero attached hydrogens (tertiary/aromatic N) is 1. The molecule has 2 bridgehead atoms. The van der Waals surface area contributed by atoms with Crippen molar-refractivity contribution in [3.8, 4) is 0 Å². The van der Waals surface area contributed by atoms with Gasteiger partial charge in [-0.2, -0.15) is 0 Å². The number of rotatable bonds is 2. The van der Waals surface area contributed by atoms with E-state index >= 15 is 0 Å². The lowest BCUT2D eigenvalue weighted by Crippen LogP contribution is -2.40. The Hall–Kier alpha value is -1.53. The van der Waals surface area contributed by atoms with Gasteiger partial charge in [0.05, 0.1) is 10.9 Å². The molecule has 2 aromatic rings. The maximum absolute atomic E-state index is 11.9. The molecule has 5 nitrogen and oxygen atoms in total. The molecule has 6 heteroatoms. The van der Waals surface area contributed by atoms with Gasteiger partial charge in [-0.1, -0.05) is 0 Å². The van der Waals surface area contributed by atoms with Gasteiger partial charge in [-0.3, -0.25) is 9.78 Å². The first-order valence-corrected chi connectivity index (χ1v) is 8.63. The summed E-state index contributed by atoms with van der Waals surface area (Å²) in [5.41, 5.74) is -0.170. The molecule has 0 spiro atoms. The van der Waals surface area contributed by atoms with E-state index in [9.17, 15) is 9.59 Å². The molecule has 3 heterocycles. The lowest BCUT2D eigenvalue weighted by molar-refractivity contribution is 0.183. The minimum Gasteiger partial charge on any atom is -0.307 e. The Morgan fingerprint density at radius 1 is 1.14 bits per heavy atom. The highest BCUT2D eigenvalue weighted by atomic mass is 32.2. The fourth-order valence-electron chi connectivity index (χ4n) is 3.87. The van der Waals surface area contributed by atoms with Crippen molar-refractivity contribution >= 4 is 22.7 Å². The summed E-state index contributed by atoms with van der Waals surface area (Å²) < 4.78 is 0. The maximum Gasteiger partial charge on any atom is 0.326 e. The Morgan fingerprint density at radius 3 is 2.59 bits per heavy atom. The molecule has 1 aromatic heterocycles. The summed E-state index contributed by atoms with van der Waals surface area (Å²) in [4.78, 5) is 31.8. The normalized spacial score (nSPS) is 28.3. The first-order valence-electron chi connectivity index (χ1n) is 7.75. The van der Waals surface area contributed by atoms with Crippen LogP contribution in [0.5, 0.6) is 0 Å². The van der Waals surface area contributed by atoms with Gasteiger partial charge in [0, 0.05) is 22.2 Å². The third-order valence-electron chi connectivity index (χ3n) is 5.07. The van der Waals surface area contributed by atoms with Gasteiger partial charge in [0.25, 0.3) is 5.56 Å². The molecule has 2 aliphatic heterocycles. The summed E-state index contributed by atoms with van der Waals surface area (Å²) in [5, 5.41) is 1.17. The summed E-state index contributed by atoms with van der Waals surface area (Å²) in [6, 6.07) is 7.17. The third-order valence-corrected chi connectivity index (χ3v) is 6.31. The van der Waals surface area contributed by atoms with Crippen LogP contribution in [0, 0.1) is 0 Å². The topological polar surface area (TPSA) is 69.0 Å². The maximum atomic E-state index is 11.9. The van der Waals surface area contributed by atoms with E-state index in [1.165, 1.54) is 25.7 Å². The Morgan fingerprint density at radius 2 is 1.86 bits per heavy atom. The number of aromatic nitrogens is 2. The molecule has 2 unspecified atom stereocenters. The van der Waals surface area contributed by atoms with Crippen LogP contribution in [0.1, 0.15) is 25.7 Å². The van der Waals surface area contributed by atoms with Gasteiger partial charge in [0.1, 0.15) is 0 Å². The zero-order chi connectivity index (χ0) is 15.3. The minimum atomic E-state index is -0.454. The van der Waals surface area contributed by atoms with Gasteiger partial charge in [0.2, 0.25) is 0 Å². The van der Waals surface area contributed by atoms with Gasteiger partial charge in [0.15, 0.2) is 0 Å². The lowest BCUT2D eigenvalue weighted by atomic mass is 10.0. The molecule has 116 valence electrons. The van der Waals surface area contributed by atoms with Gasteiger partial charge < -0.3 is 9.88 Å². The van der Waals surface area contributed by atoms with Crippen LogP contribution >= 0.6 is 11.8 Å². The van der Waals surface area contributed by atoms with Crippen molar-refractivity contribution in [3.63, 3.8) is 0 Å². The highest BCUT2D eigenvalue weighted by molar-refractivity contribution is 8.00. The van der Waals surface area contributed by atoms with Crippen LogP contribution in [-0.4, -0.2) is 39.2 Å². The van der Waals surface area contributed by atoms with Crippen LogP contribution in [0.3, 0.4) is 0 Å². The van der Waals surface area contributed by atoms with Gasteiger partial charge in [-0.25, -0.2) is 4.79 Å². The number of aromatic amines is 2. The number of piperidine rings is 1. The molecular formula is C16H19N3O2S. The summed E-state index contributed by atoms with van der Waals surface area (Å²) in [6.45, 7) is 0.